The summed E-state index contributed by atoms with van der Waals surface area (Å²) in [4.78, 5) is 36.9. The second-order valence-electron chi connectivity index (χ2n) is 5.09. The van der Waals surface area contributed by atoms with Crippen LogP contribution in [0.5, 0.6) is 5.75 Å². The summed E-state index contributed by atoms with van der Waals surface area (Å²) in [6.45, 7) is 3.70. The van der Waals surface area contributed by atoms with E-state index in [2.05, 4.69) is 0 Å². The number of methoxy groups -OCH3 is 1. The summed E-state index contributed by atoms with van der Waals surface area (Å²) in [5.74, 6) is 0.193. The molecule has 7 heteroatoms. The minimum absolute atomic E-state index is 0.0664. The minimum Gasteiger partial charge on any atom is -0.496 e. The maximum absolute atomic E-state index is 12.2. The second-order valence-corrected chi connectivity index (χ2v) is 6.08. The van der Waals surface area contributed by atoms with Gasteiger partial charge in [-0.25, -0.2) is 4.79 Å². The van der Waals surface area contributed by atoms with Crippen LogP contribution in [0.3, 0.4) is 0 Å². The van der Waals surface area contributed by atoms with E-state index < -0.39 is 5.97 Å². The number of esters is 1. The Balaban J connectivity index is 2.30. The Morgan fingerprint density at radius 2 is 2.12 bits per heavy atom. The van der Waals surface area contributed by atoms with Crippen LogP contribution in [0, 0.1) is 0 Å². The monoisotopic (exact) mass is 349 g/mol. The number of ether oxygens (including phenoxy) is 2. The van der Waals surface area contributed by atoms with E-state index in [1.54, 1.807) is 25.1 Å². The maximum atomic E-state index is 12.2. The van der Waals surface area contributed by atoms with Gasteiger partial charge in [0.2, 0.25) is 5.91 Å². The number of hydrogen-bond acceptors (Lipinski definition) is 6. The molecule has 24 heavy (non-hydrogen) atoms. The van der Waals surface area contributed by atoms with Gasteiger partial charge in [-0.3, -0.25) is 9.59 Å². The van der Waals surface area contributed by atoms with Crippen LogP contribution in [-0.2, 0) is 20.9 Å². The smallest absolute Gasteiger partial charge is 0.333 e. The summed E-state index contributed by atoms with van der Waals surface area (Å²) >= 11 is 1.28. The van der Waals surface area contributed by atoms with Crippen LogP contribution in [0.1, 0.15) is 29.8 Å². The van der Waals surface area contributed by atoms with Gasteiger partial charge in [-0.1, -0.05) is 11.8 Å². The number of thioether (sulfide) groups is 1. The predicted molar refractivity (Wildman–Crippen MR) is 90.7 cm³/mol. The third-order valence-corrected chi connectivity index (χ3v) is 4.48. The molecule has 128 valence electrons. The Bertz CT molecular complexity index is 698. The van der Waals surface area contributed by atoms with E-state index >= 15 is 0 Å². The molecule has 1 amide bonds. The van der Waals surface area contributed by atoms with E-state index in [1.165, 1.54) is 36.8 Å². The number of benzene rings is 1. The van der Waals surface area contributed by atoms with Crippen molar-refractivity contribution in [3.8, 4) is 5.75 Å². The van der Waals surface area contributed by atoms with Gasteiger partial charge in [0.05, 0.1) is 37.1 Å². The van der Waals surface area contributed by atoms with Crippen LogP contribution in [-0.4, -0.2) is 42.0 Å². The van der Waals surface area contributed by atoms with Crippen molar-refractivity contribution in [2.75, 3.05) is 19.5 Å². The Hall–Kier alpha value is -2.28. The summed E-state index contributed by atoms with van der Waals surface area (Å²) in [7, 11) is 1.53. The maximum Gasteiger partial charge on any atom is 0.333 e. The zero-order valence-corrected chi connectivity index (χ0v) is 14.6. The van der Waals surface area contributed by atoms with Crippen LogP contribution in [0.15, 0.2) is 29.3 Å². The van der Waals surface area contributed by atoms with Gasteiger partial charge >= 0.3 is 5.97 Å². The lowest BCUT2D eigenvalue weighted by Gasteiger charge is -2.19. The van der Waals surface area contributed by atoms with Gasteiger partial charge in [0, 0.05) is 11.1 Å². The van der Waals surface area contributed by atoms with E-state index in [0.29, 0.717) is 21.9 Å². The van der Waals surface area contributed by atoms with Gasteiger partial charge < -0.3 is 14.4 Å². The first-order chi connectivity index (χ1) is 11.5. The van der Waals surface area contributed by atoms with Crippen molar-refractivity contribution in [3.05, 3.63) is 40.4 Å². The fraction of sp³-hybridized carbons (Fsp3) is 0.353. The highest BCUT2D eigenvalue weighted by molar-refractivity contribution is 8.04. The van der Waals surface area contributed by atoms with Gasteiger partial charge in [-0.05, 0) is 32.0 Å². The largest absolute Gasteiger partial charge is 0.496 e. The molecule has 1 aromatic carbocycles. The number of rotatable bonds is 6. The highest BCUT2D eigenvalue weighted by atomic mass is 32.2. The number of nitrogens with zero attached hydrogens (tertiary/aromatic N) is 1. The molecule has 2 rings (SSSR count). The Morgan fingerprint density at radius 1 is 1.38 bits per heavy atom. The molecule has 1 saturated heterocycles. The zero-order valence-electron chi connectivity index (χ0n) is 13.8. The number of carbonyl (C=O) groups excluding carboxylic acids is 3. The van der Waals surface area contributed by atoms with Gasteiger partial charge in [0.15, 0.2) is 5.78 Å². The quantitative estimate of drug-likeness (QED) is 0.446. The van der Waals surface area contributed by atoms with Gasteiger partial charge in [-0.15, -0.1) is 0 Å². The fourth-order valence-corrected chi connectivity index (χ4v) is 3.21. The number of hydrogen-bond donors (Lipinski definition) is 0. The molecule has 1 aliphatic heterocycles. The molecule has 0 bridgehead atoms. The lowest BCUT2D eigenvalue weighted by Crippen LogP contribution is -2.25. The lowest BCUT2D eigenvalue weighted by atomic mass is 10.1. The van der Waals surface area contributed by atoms with Gasteiger partial charge in [0.1, 0.15) is 5.75 Å². The van der Waals surface area contributed by atoms with Gasteiger partial charge in [-0.2, -0.15) is 0 Å². The standard InChI is InChI=1S/C17H19NO5S/c1-4-23-17(21)8-16-18(15(20)10-24-16)9-13-7-12(11(2)19)5-6-14(13)22-3/h5-8H,4,9-10H2,1-3H3/b16-8+. The predicted octanol–water partition coefficient (Wildman–Crippen LogP) is 2.38. The normalized spacial score (nSPS) is 15.7. The van der Waals surface area contributed by atoms with E-state index in [4.69, 9.17) is 9.47 Å². The second kappa shape index (κ2) is 8.01. The molecule has 1 aromatic rings. The Morgan fingerprint density at radius 3 is 2.75 bits per heavy atom. The minimum atomic E-state index is -0.482. The van der Waals surface area contributed by atoms with Crippen molar-refractivity contribution in [1.29, 1.82) is 0 Å². The molecular formula is C17H19NO5S. The number of ketones is 1. The molecule has 0 aromatic heterocycles. The van der Waals surface area contributed by atoms with Crippen LogP contribution in [0.4, 0.5) is 0 Å². The van der Waals surface area contributed by atoms with E-state index in [9.17, 15) is 14.4 Å². The van der Waals surface area contributed by atoms with Crippen molar-refractivity contribution < 1.29 is 23.9 Å². The first-order valence-electron chi connectivity index (χ1n) is 7.45. The SMILES string of the molecule is CCOC(=O)/C=C1/SCC(=O)N1Cc1cc(C(C)=O)ccc1OC. The first-order valence-corrected chi connectivity index (χ1v) is 8.44. The van der Waals surface area contributed by atoms with E-state index in [1.807, 2.05) is 0 Å². The molecule has 1 aliphatic rings. The van der Waals surface area contributed by atoms with E-state index in [-0.39, 0.29) is 30.6 Å². The molecule has 0 unspecified atom stereocenters. The van der Waals surface area contributed by atoms with Crippen molar-refractivity contribution in [2.24, 2.45) is 0 Å². The third-order valence-electron chi connectivity index (χ3n) is 3.45. The van der Waals surface area contributed by atoms with Crippen molar-refractivity contribution in [1.82, 2.24) is 4.90 Å². The van der Waals surface area contributed by atoms with Crippen molar-refractivity contribution in [3.63, 3.8) is 0 Å². The molecule has 0 atom stereocenters. The van der Waals surface area contributed by atoms with Crippen molar-refractivity contribution in [2.45, 2.75) is 20.4 Å². The summed E-state index contributed by atoms with van der Waals surface area (Å²) in [6.07, 6.45) is 1.32. The van der Waals surface area contributed by atoms with Crippen LogP contribution in [0.25, 0.3) is 0 Å². The zero-order chi connectivity index (χ0) is 17.7. The number of carbonyl (C=O) groups is 3. The highest BCUT2D eigenvalue weighted by Gasteiger charge is 2.28. The average molecular weight is 349 g/mol. The van der Waals surface area contributed by atoms with E-state index in [0.717, 1.165) is 0 Å². The molecule has 0 N–H and O–H groups in total. The average Bonchev–Trinajstić information content (AvgIpc) is 2.88. The Labute approximate surface area is 144 Å². The fourth-order valence-electron chi connectivity index (χ4n) is 2.28. The highest BCUT2D eigenvalue weighted by Crippen LogP contribution is 2.32. The number of amides is 1. The van der Waals surface area contributed by atoms with Crippen molar-refractivity contribution >= 4 is 29.4 Å². The molecule has 0 aliphatic carbocycles. The van der Waals surface area contributed by atoms with Crippen LogP contribution < -0.4 is 4.74 Å². The summed E-state index contributed by atoms with van der Waals surface area (Å²) in [5, 5.41) is 0.536. The molecule has 0 spiro atoms. The summed E-state index contributed by atoms with van der Waals surface area (Å²) < 4.78 is 10.2. The topological polar surface area (TPSA) is 72.9 Å². The lowest BCUT2D eigenvalue weighted by molar-refractivity contribution is -0.137. The van der Waals surface area contributed by atoms with Gasteiger partial charge in [0.25, 0.3) is 0 Å². The molecule has 0 radical (unpaired) electrons. The van der Waals surface area contributed by atoms with Crippen LogP contribution in [0.2, 0.25) is 0 Å². The molecule has 0 saturated carbocycles. The molecule has 6 nitrogen and oxygen atoms in total. The summed E-state index contributed by atoms with van der Waals surface area (Å²) in [6, 6.07) is 5.09. The Kier molecular flexibility index (Phi) is 6.03. The molecule has 1 fully saturated rings. The summed E-state index contributed by atoms with van der Waals surface area (Å²) in [5.41, 5.74) is 1.25. The van der Waals surface area contributed by atoms with Crippen LogP contribution >= 0.6 is 11.8 Å². The number of Topliss-reactive ketones (excluding diaryl/α,β-unsaturated/α-hetero) is 1. The first kappa shape index (κ1) is 18.1. The molecular weight excluding hydrogens is 330 g/mol. The third kappa shape index (κ3) is 4.17. The molecule has 1 heterocycles.